The lowest BCUT2D eigenvalue weighted by Crippen LogP contribution is -2.20. The molecule has 0 atom stereocenters. The monoisotopic (exact) mass is 238 g/mol. The molecule has 1 aromatic heterocycles. The average molecular weight is 238 g/mol. The van der Waals surface area contributed by atoms with Crippen LogP contribution in [0.4, 0.5) is 0 Å². The van der Waals surface area contributed by atoms with Crippen LogP contribution in [0.2, 0.25) is 0 Å². The van der Waals surface area contributed by atoms with Crippen molar-refractivity contribution < 1.29 is 0 Å². The second-order valence-electron chi connectivity index (χ2n) is 4.96. The van der Waals surface area contributed by atoms with Gasteiger partial charge in [0.1, 0.15) is 0 Å². The molecule has 0 spiro atoms. The van der Waals surface area contributed by atoms with Crippen LogP contribution in [-0.2, 0) is 6.54 Å². The molecule has 2 nitrogen and oxygen atoms in total. The molecule has 16 heavy (non-hydrogen) atoms. The molecular formula is C13H22N2S. The zero-order valence-electron chi connectivity index (χ0n) is 10.7. The maximum atomic E-state index is 4.36. The molecule has 0 amide bonds. The van der Waals surface area contributed by atoms with Gasteiger partial charge in [-0.05, 0) is 18.6 Å². The van der Waals surface area contributed by atoms with Gasteiger partial charge in [0.25, 0.3) is 0 Å². The first kappa shape index (κ1) is 13.5. The molecular weight excluding hydrogens is 216 g/mol. The minimum Gasteiger partial charge on any atom is -0.310 e. The van der Waals surface area contributed by atoms with E-state index < -0.39 is 0 Å². The molecule has 0 saturated carbocycles. The molecule has 1 aromatic rings. The maximum absolute atomic E-state index is 4.36. The van der Waals surface area contributed by atoms with Crippen molar-refractivity contribution in [3.8, 4) is 0 Å². The van der Waals surface area contributed by atoms with E-state index in [1.54, 1.807) is 0 Å². The molecule has 0 fully saturated rings. The zero-order chi connectivity index (χ0) is 12.0. The van der Waals surface area contributed by atoms with Crippen LogP contribution in [-0.4, -0.2) is 22.0 Å². The van der Waals surface area contributed by atoms with Crippen molar-refractivity contribution >= 4 is 11.8 Å². The Kier molecular flexibility index (Phi) is 5.29. The summed E-state index contributed by atoms with van der Waals surface area (Å²) in [6.07, 6.45) is 1.92. The molecule has 0 radical (unpaired) electrons. The van der Waals surface area contributed by atoms with Crippen LogP contribution in [0.3, 0.4) is 0 Å². The first-order valence-electron chi connectivity index (χ1n) is 5.73. The lowest BCUT2D eigenvalue weighted by atomic mass is 10.3. The van der Waals surface area contributed by atoms with Crippen molar-refractivity contribution in [2.24, 2.45) is 0 Å². The Hall–Kier alpha value is -0.540. The second-order valence-corrected chi connectivity index (χ2v) is 6.89. The first-order valence-corrected chi connectivity index (χ1v) is 6.72. The fraction of sp³-hybridized carbons (Fsp3) is 0.615. The third-order valence-corrected chi connectivity index (χ3v) is 3.37. The van der Waals surface area contributed by atoms with E-state index in [0.29, 0.717) is 4.75 Å². The van der Waals surface area contributed by atoms with Gasteiger partial charge in [-0.3, -0.25) is 4.98 Å². The number of pyridine rings is 1. The highest BCUT2D eigenvalue weighted by Gasteiger charge is 2.08. The summed E-state index contributed by atoms with van der Waals surface area (Å²) in [5.41, 5.74) is 2.33. The van der Waals surface area contributed by atoms with E-state index in [9.17, 15) is 0 Å². The van der Waals surface area contributed by atoms with Gasteiger partial charge in [-0.1, -0.05) is 26.8 Å². The lowest BCUT2D eigenvalue weighted by molar-refractivity contribution is 0.710. The van der Waals surface area contributed by atoms with Crippen LogP contribution in [0.15, 0.2) is 18.3 Å². The third-order valence-electron chi connectivity index (χ3n) is 2.09. The Morgan fingerprint density at radius 3 is 2.62 bits per heavy atom. The van der Waals surface area contributed by atoms with Gasteiger partial charge >= 0.3 is 0 Å². The van der Waals surface area contributed by atoms with Gasteiger partial charge in [-0.2, -0.15) is 11.8 Å². The smallest absolute Gasteiger partial charge is 0.0541 e. The van der Waals surface area contributed by atoms with Crippen molar-refractivity contribution in [3.63, 3.8) is 0 Å². The lowest BCUT2D eigenvalue weighted by Gasteiger charge is -2.17. The van der Waals surface area contributed by atoms with Crippen LogP contribution in [0, 0.1) is 6.92 Å². The molecule has 1 heterocycles. The van der Waals surface area contributed by atoms with E-state index in [0.717, 1.165) is 24.5 Å². The molecule has 90 valence electrons. The number of aromatic nitrogens is 1. The molecule has 3 heteroatoms. The van der Waals surface area contributed by atoms with Crippen LogP contribution in [0.5, 0.6) is 0 Å². The number of aryl methyl sites for hydroxylation is 1. The standard InChI is InChI=1S/C13H22N2S/c1-11-5-6-12(15-9-11)10-14-7-8-16-13(2,3)4/h5-6,9,14H,7-8,10H2,1-4H3. The van der Waals surface area contributed by atoms with Crippen LogP contribution in [0.1, 0.15) is 32.0 Å². The Morgan fingerprint density at radius 2 is 2.06 bits per heavy atom. The molecule has 1 rings (SSSR count). The molecule has 0 aromatic carbocycles. The predicted molar refractivity (Wildman–Crippen MR) is 72.9 cm³/mol. The van der Waals surface area contributed by atoms with Gasteiger partial charge in [0, 0.05) is 29.8 Å². The van der Waals surface area contributed by atoms with Crippen molar-refractivity contribution in [2.75, 3.05) is 12.3 Å². The molecule has 0 bridgehead atoms. The molecule has 1 N–H and O–H groups in total. The number of rotatable bonds is 5. The predicted octanol–water partition coefficient (Wildman–Crippen LogP) is 3.01. The molecule has 0 unspecified atom stereocenters. The summed E-state index contributed by atoms with van der Waals surface area (Å²) in [7, 11) is 0. The SMILES string of the molecule is Cc1ccc(CNCCSC(C)(C)C)nc1. The Labute approximate surface area is 103 Å². The van der Waals surface area contributed by atoms with Gasteiger partial charge < -0.3 is 5.32 Å². The van der Waals surface area contributed by atoms with Gasteiger partial charge in [-0.25, -0.2) is 0 Å². The van der Waals surface area contributed by atoms with Crippen molar-refractivity contribution in [1.29, 1.82) is 0 Å². The van der Waals surface area contributed by atoms with Gasteiger partial charge in [0.2, 0.25) is 0 Å². The minimum absolute atomic E-state index is 0.365. The number of thioether (sulfide) groups is 1. The van der Waals surface area contributed by atoms with Gasteiger partial charge in [0.15, 0.2) is 0 Å². The largest absolute Gasteiger partial charge is 0.310 e. The average Bonchev–Trinajstić information content (AvgIpc) is 2.19. The van der Waals surface area contributed by atoms with Gasteiger partial charge in [-0.15, -0.1) is 0 Å². The third kappa shape index (κ3) is 6.13. The van der Waals surface area contributed by atoms with E-state index in [1.807, 2.05) is 18.0 Å². The summed E-state index contributed by atoms with van der Waals surface area (Å²) in [5.74, 6) is 1.15. The Morgan fingerprint density at radius 1 is 1.31 bits per heavy atom. The summed E-state index contributed by atoms with van der Waals surface area (Å²) in [5, 5.41) is 3.41. The fourth-order valence-corrected chi connectivity index (χ4v) is 2.11. The molecule has 0 aliphatic rings. The number of hydrogen-bond donors (Lipinski definition) is 1. The zero-order valence-corrected chi connectivity index (χ0v) is 11.5. The highest BCUT2D eigenvalue weighted by molar-refractivity contribution is 8.00. The summed E-state index contributed by atoms with van der Waals surface area (Å²) < 4.78 is 0.365. The first-order chi connectivity index (χ1) is 7.47. The van der Waals surface area contributed by atoms with Crippen molar-refractivity contribution in [2.45, 2.75) is 39.0 Å². The molecule has 0 saturated heterocycles. The quantitative estimate of drug-likeness (QED) is 0.798. The summed E-state index contributed by atoms with van der Waals surface area (Å²) >= 11 is 1.99. The van der Waals surface area contributed by atoms with Crippen LogP contribution >= 0.6 is 11.8 Å². The maximum Gasteiger partial charge on any atom is 0.0541 e. The number of nitrogens with zero attached hydrogens (tertiary/aromatic N) is 1. The molecule has 0 aliphatic heterocycles. The van der Waals surface area contributed by atoms with E-state index in [4.69, 9.17) is 0 Å². The van der Waals surface area contributed by atoms with E-state index >= 15 is 0 Å². The summed E-state index contributed by atoms with van der Waals surface area (Å²) in [4.78, 5) is 4.36. The molecule has 0 aliphatic carbocycles. The highest BCUT2D eigenvalue weighted by Crippen LogP contribution is 2.21. The van der Waals surface area contributed by atoms with E-state index in [-0.39, 0.29) is 0 Å². The topological polar surface area (TPSA) is 24.9 Å². The van der Waals surface area contributed by atoms with Crippen molar-refractivity contribution in [1.82, 2.24) is 10.3 Å². The van der Waals surface area contributed by atoms with Crippen LogP contribution < -0.4 is 5.32 Å². The summed E-state index contributed by atoms with van der Waals surface area (Å²) in [6.45, 7) is 10.7. The van der Waals surface area contributed by atoms with Crippen molar-refractivity contribution in [3.05, 3.63) is 29.6 Å². The summed E-state index contributed by atoms with van der Waals surface area (Å²) in [6, 6.07) is 4.19. The normalized spacial score (nSPS) is 11.8. The van der Waals surface area contributed by atoms with E-state index in [2.05, 4.69) is 50.1 Å². The number of hydrogen-bond acceptors (Lipinski definition) is 3. The minimum atomic E-state index is 0.365. The second kappa shape index (κ2) is 6.26. The van der Waals surface area contributed by atoms with Gasteiger partial charge in [0.05, 0.1) is 5.69 Å². The highest BCUT2D eigenvalue weighted by atomic mass is 32.2. The number of nitrogens with one attached hydrogen (secondary N) is 1. The Balaban J connectivity index is 2.14. The van der Waals surface area contributed by atoms with E-state index in [1.165, 1.54) is 5.56 Å². The Bertz CT molecular complexity index is 301. The van der Waals surface area contributed by atoms with Crippen LogP contribution in [0.25, 0.3) is 0 Å². The fourth-order valence-electron chi connectivity index (χ4n) is 1.25.